The first kappa shape index (κ1) is 59.3. The molecule has 2 amide bonds. The quantitative estimate of drug-likeness (QED) is 0.0561. The minimum atomic E-state index is -1.06. The van der Waals surface area contributed by atoms with Crippen molar-refractivity contribution in [3.05, 3.63) is 0 Å². The maximum Gasteiger partial charge on any atom is 0.519 e. The Bertz CT molecular complexity index is 894. The SMILES string of the molecule is C1CCOC1.CC(C)(C)OC(=O)OC(=O)OC(C)(C)C.CN(CCCCBr)C(=O)OC(C)(C)C.CN(CCCCO)C(=O)OC(C)(C)C.CNCCCCO. The molecule has 0 spiro atoms. The van der Waals surface area contributed by atoms with Crippen molar-refractivity contribution in [2.24, 2.45) is 0 Å². The molecule has 15 nitrogen and oxygen atoms in total. The number of hydrogen-bond acceptors (Lipinski definition) is 13. The normalized spacial score (nSPS) is 12.3. The summed E-state index contributed by atoms with van der Waals surface area (Å²) in [5, 5.41) is 20.8. The van der Waals surface area contributed by atoms with E-state index >= 15 is 0 Å². The Balaban J connectivity index is -0.000000308. The standard InChI is InChI=1S/C10H20BrNO2.C10H21NO3.C10H18O5.C5H13NO.C4H8O/c1-10(2,3)14-9(13)12(4)8-6-5-7-11;1-10(2,3)14-9(13)11(4)7-5-6-8-12;1-9(2,3)14-7(11)13-8(12)15-10(4,5)6;1-6-4-2-3-5-7;1-2-4-5-3-1/h5-8H2,1-4H3;12H,5-8H2,1-4H3;1-6H3;6-7H,2-5H2,1H3;1-4H2. The second-order valence-corrected chi connectivity index (χ2v) is 17.3. The van der Waals surface area contributed by atoms with Gasteiger partial charge < -0.3 is 53.8 Å². The molecule has 1 heterocycles. The zero-order valence-electron chi connectivity index (χ0n) is 37.1. The number of aliphatic hydroxyl groups is 2. The van der Waals surface area contributed by atoms with Crippen LogP contribution in [0.1, 0.15) is 134 Å². The molecule has 0 aromatic rings. The summed E-state index contributed by atoms with van der Waals surface area (Å²) in [5.74, 6) is 0. The van der Waals surface area contributed by atoms with Gasteiger partial charge in [0, 0.05) is 58.9 Å². The van der Waals surface area contributed by atoms with Crippen molar-refractivity contribution in [3.8, 4) is 0 Å². The molecular formula is C39H80BrN3O12. The summed E-state index contributed by atoms with van der Waals surface area (Å²) in [5.41, 5.74) is -2.23. The highest BCUT2D eigenvalue weighted by Gasteiger charge is 2.24. The summed E-state index contributed by atoms with van der Waals surface area (Å²) < 4.78 is 29.1. The van der Waals surface area contributed by atoms with Gasteiger partial charge in [-0.3, -0.25) is 0 Å². The Labute approximate surface area is 341 Å². The van der Waals surface area contributed by atoms with Gasteiger partial charge in [-0.25, -0.2) is 19.2 Å². The number of rotatable bonds is 12. The molecule has 0 bridgehead atoms. The van der Waals surface area contributed by atoms with Crippen LogP contribution in [-0.2, 0) is 28.4 Å². The molecule has 55 heavy (non-hydrogen) atoms. The number of nitrogens with one attached hydrogen (secondary N) is 1. The van der Waals surface area contributed by atoms with Gasteiger partial charge in [0.2, 0.25) is 0 Å². The molecular weight excluding hydrogens is 782 g/mol. The van der Waals surface area contributed by atoms with E-state index in [4.69, 9.17) is 33.9 Å². The minimum Gasteiger partial charge on any atom is -0.444 e. The number of unbranched alkanes of at least 4 members (excludes halogenated alkanes) is 3. The van der Waals surface area contributed by atoms with Gasteiger partial charge in [0.25, 0.3) is 0 Å². The lowest BCUT2D eigenvalue weighted by Crippen LogP contribution is -2.34. The van der Waals surface area contributed by atoms with Crippen LogP contribution in [0.3, 0.4) is 0 Å². The smallest absolute Gasteiger partial charge is 0.444 e. The summed E-state index contributed by atoms with van der Waals surface area (Å²) in [6.45, 7) is 26.0. The molecule has 3 N–H and O–H groups in total. The number of alkyl halides is 1. The molecule has 0 aromatic carbocycles. The van der Waals surface area contributed by atoms with Gasteiger partial charge in [-0.2, -0.15) is 0 Å². The lowest BCUT2D eigenvalue weighted by molar-refractivity contribution is -0.0294. The number of halogens is 1. The zero-order valence-corrected chi connectivity index (χ0v) is 38.6. The molecule has 0 saturated carbocycles. The molecule has 0 unspecified atom stereocenters. The Morgan fingerprint density at radius 2 is 0.945 bits per heavy atom. The van der Waals surface area contributed by atoms with Crippen LogP contribution < -0.4 is 5.32 Å². The van der Waals surface area contributed by atoms with Crippen molar-refractivity contribution < 1.29 is 57.8 Å². The van der Waals surface area contributed by atoms with E-state index in [-0.39, 0.29) is 18.8 Å². The van der Waals surface area contributed by atoms with Crippen LogP contribution in [0.4, 0.5) is 19.2 Å². The van der Waals surface area contributed by atoms with Gasteiger partial charge in [0.15, 0.2) is 0 Å². The molecule has 0 aliphatic carbocycles. The monoisotopic (exact) mass is 861 g/mol. The van der Waals surface area contributed by atoms with Crippen molar-refractivity contribution in [2.45, 2.75) is 157 Å². The first-order chi connectivity index (χ1) is 25.1. The highest BCUT2D eigenvalue weighted by molar-refractivity contribution is 9.09. The van der Waals surface area contributed by atoms with E-state index in [9.17, 15) is 19.2 Å². The van der Waals surface area contributed by atoms with Crippen molar-refractivity contribution in [3.63, 3.8) is 0 Å². The van der Waals surface area contributed by atoms with Crippen LogP contribution in [0.5, 0.6) is 0 Å². The van der Waals surface area contributed by atoms with Crippen LogP contribution >= 0.6 is 15.9 Å². The molecule has 330 valence electrons. The van der Waals surface area contributed by atoms with E-state index in [0.29, 0.717) is 19.6 Å². The number of aliphatic hydroxyl groups excluding tert-OH is 2. The van der Waals surface area contributed by atoms with Crippen molar-refractivity contribution in [1.82, 2.24) is 15.1 Å². The van der Waals surface area contributed by atoms with E-state index in [1.54, 1.807) is 60.5 Å². The topological polar surface area (TPSA) is 183 Å². The fraction of sp³-hybridized carbons (Fsp3) is 0.897. The molecule has 16 heteroatoms. The third kappa shape index (κ3) is 53.7. The largest absolute Gasteiger partial charge is 0.519 e. The minimum absolute atomic E-state index is 0.169. The van der Waals surface area contributed by atoms with Crippen LogP contribution in [0.15, 0.2) is 0 Å². The van der Waals surface area contributed by atoms with Crippen molar-refractivity contribution >= 4 is 40.4 Å². The van der Waals surface area contributed by atoms with E-state index in [2.05, 4.69) is 26.0 Å². The van der Waals surface area contributed by atoms with Gasteiger partial charge in [0.1, 0.15) is 22.4 Å². The maximum atomic E-state index is 11.4. The number of amides is 2. The summed E-state index contributed by atoms with van der Waals surface area (Å²) in [7, 11) is 5.38. The van der Waals surface area contributed by atoms with Gasteiger partial charge in [-0.05, 0) is 148 Å². The van der Waals surface area contributed by atoms with E-state index in [1.165, 1.54) is 17.7 Å². The first-order valence-corrected chi connectivity index (χ1v) is 20.3. The molecule has 0 aromatic heterocycles. The third-order valence-electron chi connectivity index (χ3n) is 5.80. The van der Waals surface area contributed by atoms with Crippen molar-refractivity contribution in [1.29, 1.82) is 0 Å². The highest BCUT2D eigenvalue weighted by atomic mass is 79.9. The summed E-state index contributed by atoms with van der Waals surface area (Å²) in [4.78, 5) is 48.0. The van der Waals surface area contributed by atoms with Gasteiger partial charge >= 0.3 is 24.5 Å². The van der Waals surface area contributed by atoms with Crippen molar-refractivity contribution in [2.75, 3.05) is 72.5 Å². The Kier molecular flexibility index (Phi) is 36.3. The van der Waals surface area contributed by atoms with Crippen LogP contribution in [0.2, 0.25) is 0 Å². The summed E-state index contributed by atoms with van der Waals surface area (Å²) in [6.07, 6.45) is 5.47. The Morgan fingerprint density at radius 3 is 1.22 bits per heavy atom. The molecule has 1 saturated heterocycles. The third-order valence-corrected chi connectivity index (χ3v) is 6.36. The Hall–Kier alpha value is -2.40. The van der Waals surface area contributed by atoms with E-state index in [1.807, 2.05) is 48.6 Å². The van der Waals surface area contributed by atoms with Crippen LogP contribution in [0.25, 0.3) is 0 Å². The van der Waals surface area contributed by atoms with Crippen LogP contribution in [0, 0.1) is 0 Å². The predicted octanol–water partition coefficient (Wildman–Crippen LogP) is 8.30. The van der Waals surface area contributed by atoms with Gasteiger partial charge in [-0.15, -0.1) is 0 Å². The number of carbonyl (C=O) groups excluding carboxylic acids is 4. The molecule has 1 fully saturated rings. The molecule has 0 radical (unpaired) electrons. The summed E-state index contributed by atoms with van der Waals surface area (Å²) >= 11 is 3.35. The fourth-order valence-electron chi connectivity index (χ4n) is 3.30. The van der Waals surface area contributed by atoms with Crippen LogP contribution in [-0.4, -0.2) is 139 Å². The molecule has 1 aliphatic rings. The molecule has 0 atom stereocenters. The second kappa shape index (κ2) is 33.7. The Morgan fingerprint density at radius 1 is 0.600 bits per heavy atom. The maximum absolute atomic E-state index is 11.4. The number of carbonyl (C=O) groups is 4. The lowest BCUT2D eigenvalue weighted by atomic mass is 10.2. The molecule has 1 aliphatic heterocycles. The van der Waals surface area contributed by atoms with Gasteiger partial charge in [0.05, 0.1) is 0 Å². The predicted molar refractivity (Wildman–Crippen MR) is 221 cm³/mol. The second-order valence-electron chi connectivity index (χ2n) is 16.5. The van der Waals surface area contributed by atoms with Gasteiger partial charge in [-0.1, -0.05) is 15.9 Å². The average molecular weight is 863 g/mol. The van der Waals surface area contributed by atoms with E-state index in [0.717, 1.165) is 63.7 Å². The zero-order chi connectivity index (χ0) is 43.7. The van der Waals surface area contributed by atoms with E-state index < -0.39 is 34.7 Å². The summed E-state index contributed by atoms with van der Waals surface area (Å²) in [6, 6.07) is 0. The molecule has 1 rings (SSSR count). The average Bonchev–Trinajstić information content (AvgIpc) is 3.59. The highest BCUT2D eigenvalue weighted by Crippen LogP contribution is 2.12. The lowest BCUT2D eigenvalue weighted by Gasteiger charge is -2.24. The number of ether oxygens (including phenoxy) is 6. The number of nitrogens with zero attached hydrogens (tertiary/aromatic N) is 2. The number of hydrogen-bond donors (Lipinski definition) is 3. The fourth-order valence-corrected chi connectivity index (χ4v) is 3.70. The first-order valence-electron chi connectivity index (χ1n) is 19.2.